The Kier molecular flexibility index (Phi) is 5.22. The molecule has 76 valence electrons. The van der Waals surface area contributed by atoms with E-state index in [1.54, 1.807) is 0 Å². The van der Waals surface area contributed by atoms with Gasteiger partial charge in [0.25, 0.3) is 0 Å². The Morgan fingerprint density at radius 2 is 2.38 bits per heavy atom. The van der Waals surface area contributed by atoms with E-state index in [4.69, 9.17) is 11.6 Å². The molecule has 1 saturated carbocycles. The van der Waals surface area contributed by atoms with Gasteiger partial charge < -0.3 is 5.32 Å². The molecule has 0 bridgehead atoms. The predicted molar refractivity (Wildman–Crippen MR) is 62.6 cm³/mol. The summed E-state index contributed by atoms with van der Waals surface area (Å²) in [6, 6.07) is 0.666. The lowest BCUT2D eigenvalue weighted by molar-refractivity contribution is 0.555. The smallest absolute Gasteiger partial charge is 0.0310 e. The summed E-state index contributed by atoms with van der Waals surface area (Å²) in [6.07, 6.45) is 3.94. The van der Waals surface area contributed by atoms with Crippen molar-refractivity contribution in [1.82, 2.24) is 5.32 Å². The number of halogens is 1. The molecule has 0 aromatic carbocycles. The predicted octanol–water partition coefficient (Wildman–Crippen LogP) is 3.00. The Bertz CT molecular complexity index is 172. The van der Waals surface area contributed by atoms with E-state index in [0.29, 0.717) is 11.1 Å². The Balaban J connectivity index is 2.13. The highest BCUT2D eigenvalue weighted by molar-refractivity contribution is 7.99. The average molecular weight is 220 g/mol. The molecule has 3 heteroatoms. The zero-order chi connectivity index (χ0) is 9.68. The van der Waals surface area contributed by atoms with Gasteiger partial charge in [0.15, 0.2) is 0 Å². The molecule has 0 saturated heterocycles. The molecule has 0 aromatic rings. The van der Waals surface area contributed by atoms with Gasteiger partial charge in [-0.1, -0.05) is 25.1 Å². The van der Waals surface area contributed by atoms with E-state index in [2.05, 4.69) is 30.6 Å². The van der Waals surface area contributed by atoms with E-state index in [1.807, 2.05) is 0 Å². The first-order valence-electron chi connectivity index (χ1n) is 4.90. The molecule has 0 amide bonds. The van der Waals surface area contributed by atoms with Crippen LogP contribution in [0.3, 0.4) is 0 Å². The molecule has 13 heavy (non-hydrogen) atoms. The third-order valence-corrected chi connectivity index (χ3v) is 3.74. The fourth-order valence-corrected chi connectivity index (χ4v) is 2.99. The molecule has 1 fully saturated rings. The number of nitrogens with one attached hydrogen (secondary N) is 1. The van der Waals surface area contributed by atoms with Gasteiger partial charge in [0.1, 0.15) is 0 Å². The van der Waals surface area contributed by atoms with Gasteiger partial charge in [0, 0.05) is 22.9 Å². The maximum Gasteiger partial charge on any atom is 0.0310 e. The van der Waals surface area contributed by atoms with Gasteiger partial charge in [-0.3, -0.25) is 0 Å². The molecular formula is C10H18ClNS. The van der Waals surface area contributed by atoms with Gasteiger partial charge in [-0.15, -0.1) is 0 Å². The van der Waals surface area contributed by atoms with E-state index >= 15 is 0 Å². The molecule has 0 aromatic heterocycles. The minimum atomic E-state index is 0.666. The molecule has 1 N–H and O–H groups in total. The van der Waals surface area contributed by atoms with Crippen LogP contribution in [-0.2, 0) is 0 Å². The van der Waals surface area contributed by atoms with Gasteiger partial charge in [-0.2, -0.15) is 11.8 Å². The zero-order valence-corrected chi connectivity index (χ0v) is 9.76. The minimum absolute atomic E-state index is 0.666. The van der Waals surface area contributed by atoms with Crippen molar-refractivity contribution in [1.29, 1.82) is 0 Å². The molecule has 2 unspecified atom stereocenters. The van der Waals surface area contributed by atoms with Crippen molar-refractivity contribution in [2.45, 2.75) is 37.5 Å². The van der Waals surface area contributed by atoms with Gasteiger partial charge in [0.05, 0.1) is 0 Å². The quantitative estimate of drug-likeness (QED) is 0.763. The molecule has 1 aliphatic rings. The van der Waals surface area contributed by atoms with Crippen molar-refractivity contribution in [2.24, 2.45) is 0 Å². The Hall–Kier alpha value is 0.340. The monoisotopic (exact) mass is 219 g/mol. The summed E-state index contributed by atoms with van der Waals surface area (Å²) in [4.78, 5) is 0. The van der Waals surface area contributed by atoms with Crippen LogP contribution in [0.25, 0.3) is 0 Å². The first-order chi connectivity index (χ1) is 6.22. The van der Waals surface area contributed by atoms with Crippen molar-refractivity contribution in [3.05, 3.63) is 11.6 Å². The Morgan fingerprint density at radius 3 is 3.00 bits per heavy atom. The van der Waals surface area contributed by atoms with Crippen molar-refractivity contribution in [3.8, 4) is 0 Å². The average Bonchev–Trinajstić information content (AvgIpc) is 2.50. The van der Waals surface area contributed by atoms with Crippen LogP contribution in [0.1, 0.15) is 26.2 Å². The van der Waals surface area contributed by atoms with Gasteiger partial charge >= 0.3 is 0 Å². The second-order valence-corrected chi connectivity index (χ2v) is 5.60. The zero-order valence-electron chi connectivity index (χ0n) is 8.18. The lowest BCUT2D eigenvalue weighted by Crippen LogP contribution is -2.27. The van der Waals surface area contributed by atoms with E-state index in [0.717, 1.165) is 11.8 Å². The molecular weight excluding hydrogens is 202 g/mol. The van der Waals surface area contributed by atoms with Crippen LogP contribution in [-0.4, -0.2) is 23.6 Å². The lowest BCUT2D eigenvalue weighted by atomic mass is 10.2. The second-order valence-electron chi connectivity index (χ2n) is 3.49. The second kappa shape index (κ2) is 5.94. The molecule has 1 rings (SSSR count). The van der Waals surface area contributed by atoms with Crippen molar-refractivity contribution >= 4 is 23.4 Å². The maximum atomic E-state index is 5.69. The summed E-state index contributed by atoms with van der Waals surface area (Å²) in [5.74, 6) is 1.24. The number of hydrogen-bond acceptors (Lipinski definition) is 2. The fraction of sp³-hybridized carbons (Fsp3) is 0.800. The van der Waals surface area contributed by atoms with Crippen LogP contribution in [0.2, 0.25) is 0 Å². The highest BCUT2D eigenvalue weighted by Crippen LogP contribution is 2.29. The van der Waals surface area contributed by atoms with Gasteiger partial charge in [-0.25, -0.2) is 0 Å². The largest absolute Gasteiger partial charge is 0.309 e. The molecule has 0 heterocycles. The lowest BCUT2D eigenvalue weighted by Gasteiger charge is -2.11. The number of hydrogen-bond donors (Lipinski definition) is 1. The highest BCUT2D eigenvalue weighted by Gasteiger charge is 2.23. The first kappa shape index (κ1) is 11.4. The highest BCUT2D eigenvalue weighted by atomic mass is 35.5. The topological polar surface area (TPSA) is 12.0 Å². The third-order valence-electron chi connectivity index (χ3n) is 2.37. The molecule has 2 atom stereocenters. The molecule has 1 nitrogen and oxygen atoms in total. The summed E-state index contributed by atoms with van der Waals surface area (Å²) in [5, 5.41) is 5.01. The van der Waals surface area contributed by atoms with Gasteiger partial charge in [0.2, 0.25) is 0 Å². The van der Waals surface area contributed by atoms with Crippen molar-refractivity contribution in [3.63, 3.8) is 0 Å². The standard InChI is InChI=1S/C10H18ClNS/c1-3-13-10-5-4-9(6-10)12-7-8(2)11/h9-10,12H,2-7H2,1H3. The van der Waals surface area contributed by atoms with Crippen LogP contribution in [0.15, 0.2) is 11.6 Å². The fourth-order valence-electron chi connectivity index (χ4n) is 1.77. The molecule has 0 spiro atoms. The third kappa shape index (κ3) is 4.39. The first-order valence-corrected chi connectivity index (χ1v) is 6.33. The summed E-state index contributed by atoms with van der Waals surface area (Å²) in [5.41, 5.74) is 0. The van der Waals surface area contributed by atoms with Crippen LogP contribution in [0, 0.1) is 0 Å². The van der Waals surface area contributed by atoms with Crippen LogP contribution >= 0.6 is 23.4 Å². The van der Waals surface area contributed by atoms with E-state index in [-0.39, 0.29) is 0 Å². The Labute approximate surface area is 90.3 Å². The van der Waals surface area contributed by atoms with E-state index in [1.165, 1.54) is 25.0 Å². The van der Waals surface area contributed by atoms with E-state index in [9.17, 15) is 0 Å². The van der Waals surface area contributed by atoms with Crippen LogP contribution in [0.5, 0.6) is 0 Å². The minimum Gasteiger partial charge on any atom is -0.309 e. The maximum absolute atomic E-state index is 5.69. The van der Waals surface area contributed by atoms with Crippen molar-refractivity contribution in [2.75, 3.05) is 12.3 Å². The van der Waals surface area contributed by atoms with Crippen LogP contribution in [0.4, 0.5) is 0 Å². The Morgan fingerprint density at radius 1 is 1.62 bits per heavy atom. The normalized spacial score (nSPS) is 27.8. The summed E-state index contributed by atoms with van der Waals surface area (Å²) in [7, 11) is 0. The molecule has 0 aliphatic heterocycles. The van der Waals surface area contributed by atoms with Crippen LogP contribution < -0.4 is 5.32 Å². The van der Waals surface area contributed by atoms with E-state index < -0.39 is 0 Å². The summed E-state index contributed by atoms with van der Waals surface area (Å²) >= 11 is 7.77. The number of rotatable bonds is 5. The molecule has 1 aliphatic carbocycles. The molecule has 0 radical (unpaired) electrons. The number of thioether (sulfide) groups is 1. The van der Waals surface area contributed by atoms with Crippen molar-refractivity contribution < 1.29 is 0 Å². The summed E-state index contributed by atoms with van der Waals surface area (Å²) < 4.78 is 0. The van der Waals surface area contributed by atoms with Gasteiger partial charge in [-0.05, 0) is 25.0 Å². The SMILES string of the molecule is C=C(Cl)CNC1CCC(SCC)C1. The summed E-state index contributed by atoms with van der Waals surface area (Å²) in [6.45, 7) is 6.66.